The number of pyridine rings is 1. The molecule has 2 heterocycles. The minimum atomic E-state index is 0.875. The summed E-state index contributed by atoms with van der Waals surface area (Å²) in [5.74, 6) is 0.875. The van der Waals surface area contributed by atoms with E-state index >= 15 is 0 Å². The first-order valence-electron chi connectivity index (χ1n) is 5.62. The minimum absolute atomic E-state index is 0.875. The van der Waals surface area contributed by atoms with E-state index < -0.39 is 0 Å². The van der Waals surface area contributed by atoms with E-state index in [-0.39, 0.29) is 0 Å². The molecule has 1 aromatic carbocycles. The molecule has 0 aliphatic carbocycles. The number of halogens is 1. The van der Waals surface area contributed by atoms with Gasteiger partial charge in [0.15, 0.2) is 0 Å². The van der Waals surface area contributed by atoms with E-state index in [0.29, 0.717) is 0 Å². The molecule has 0 fully saturated rings. The number of nitrogens with zero attached hydrogens (tertiary/aromatic N) is 1. The Bertz CT molecular complexity index is 628. The van der Waals surface area contributed by atoms with E-state index in [9.17, 15) is 0 Å². The summed E-state index contributed by atoms with van der Waals surface area (Å²) in [6.45, 7) is 0. The van der Waals surface area contributed by atoms with Gasteiger partial charge in [-0.15, -0.1) is 11.8 Å². The highest BCUT2D eigenvalue weighted by atomic mass is 79.9. The molecule has 4 heteroatoms. The van der Waals surface area contributed by atoms with Crippen molar-refractivity contribution in [3.8, 4) is 0 Å². The minimum Gasteiger partial charge on any atom is -0.350 e. The molecule has 0 atom stereocenters. The van der Waals surface area contributed by atoms with Crippen LogP contribution < -0.4 is 0 Å². The van der Waals surface area contributed by atoms with E-state index in [1.165, 1.54) is 15.9 Å². The van der Waals surface area contributed by atoms with Crippen LogP contribution >= 0.6 is 27.7 Å². The van der Waals surface area contributed by atoms with Crippen LogP contribution in [0.25, 0.3) is 10.9 Å². The Morgan fingerprint density at radius 3 is 2.83 bits per heavy atom. The summed E-state index contributed by atoms with van der Waals surface area (Å²) in [7, 11) is 0. The molecular weight excluding hydrogens is 308 g/mol. The topological polar surface area (TPSA) is 28.7 Å². The maximum atomic E-state index is 4.37. The fourth-order valence-corrected chi connectivity index (χ4v) is 2.87. The number of nitrogens with one attached hydrogen (secondary N) is 1. The van der Waals surface area contributed by atoms with Crippen molar-refractivity contribution in [2.75, 3.05) is 0 Å². The molecule has 0 aliphatic rings. The van der Waals surface area contributed by atoms with Crippen LogP contribution in [0.1, 0.15) is 5.69 Å². The molecule has 0 saturated heterocycles. The lowest BCUT2D eigenvalue weighted by Crippen LogP contribution is -1.85. The second-order valence-electron chi connectivity index (χ2n) is 3.98. The molecule has 2 aromatic heterocycles. The van der Waals surface area contributed by atoms with Crippen LogP contribution in [0, 0.1) is 0 Å². The maximum Gasteiger partial charge on any atom is 0.0736 e. The summed E-state index contributed by atoms with van der Waals surface area (Å²) in [5.41, 5.74) is 2.27. The number of para-hydroxylation sites is 1. The highest BCUT2D eigenvalue weighted by Crippen LogP contribution is 2.25. The molecule has 0 amide bonds. The standard InChI is InChI=1S/C14H11BrN2S/c15-11-5-6-12(16-8-11)9-18-14-7-10-3-1-2-4-13(10)17-14/h1-8,17H,9H2. The number of aromatic nitrogens is 2. The summed E-state index contributed by atoms with van der Waals surface area (Å²) < 4.78 is 1.02. The van der Waals surface area contributed by atoms with Gasteiger partial charge in [0.25, 0.3) is 0 Å². The van der Waals surface area contributed by atoms with Gasteiger partial charge in [0.2, 0.25) is 0 Å². The normalized spacial score (nSPS) is 10.9. The smallest absolute Gasteiger partial charge is 0.0736 e. The van der Waals surface area contributed by atoms with Gasteiger partial charge in [0.1, 0.15) is 0 Å². The molecule has 18 heavy (non-hydrogen) atoms. The second-order valence-corrected chi connectivity index (χ2v) is 5.91. The monoisotopic (exact) mass is 318 g/mol. The SMILES string of the molecule is Brc1ccc(CSc2cc3ccccc3[nH]2)nc1. The zero-order valence-corrected chi connectivity index (χ0v) is 12.0. The number of fused-ring (bicyclic) bond motifs is 1. The van der Waals surface area contributed by atoms with Crippen molar-refractivity contribution < 1.29 is 0 Å². The average molecular weight is 319 g/mol. The third-order valence-corrected chi connectivity index (χ3v) is 4.11. The number of thioether (sulfide) groups is 1. The average Bonchev–Trinajstić information content (AvgIpc) is 2.81. The van der Waals surface area contributed by atoms with Gasteiger partial charge in [-0.25, -0.2) is 0 Å². The largest absolute Gasteiger partial charge is 0.350 e. The first kappa shape index (κ1) is 11.8. The summed E-state index contributed by atoms with van der Waals surface area (Å²) in [6, 6.07) is 14.6. The van der Waals surface area contributed by atoms with Gasteiger partial charge in [-0.05, 0) is 40.2 Å². The third kappa shape index (κ3) is 2.60. The van der Waals surface area contributed by atoms with E-state index in [1.807, 2.05) is 24.4 Å². The number of aromatic amines is 1. The molecule has 0 saturated carbocycles. The Balaban J connectivity index is 1.74. The van der Waals surface area contributed by atoms with Crippen LogP contribution in [0.5, 0.6) is 0 Å². The Morgan fingerprint density at radius 1 is 1.17 bits per heavy atom. The van der Waals surface area contributed by atoms with Gasteiger partial charge in [0, 0.05) is 27.3 Å². The number of rotatable bonds is 3. The molecule has 90 valence electrons. The quantitative estimate of drug-likeness (QED) is 0.714. The molecule has 2 nitrogen and oxygen atoms in total. The lowest BCUT2D eigenvalue weighted by molar-refractivity contribution is 1.15. The van der Waals surface area contributed by atoms with Gasteiger partial charge >= 0.3 is 0 Å². The number of H-pyrrole nitrogens is 1. The number of hydrogen-bond donors (Lipinski definition) is 1. The van der Waals surface area contributed by atoms with Crippen LogP contribution in [-0.4, -0.2) is 9.97 Å². The molecule has 0 bridgehead atoms. The van der Waals surface area contributed by atoms with Crippen LogP contribution in [0.2, 0.25) is 0 Å². The summed E-state index contributed by atoms with van der Waals surface area (Å²) in [4.78, 5) is 7.77. The second kappa shape index (κ2) is 5.16. The summed E-state index contributed by atoms with van der Waals surface area (Å²) in [6.07, 6.45) is 1.83. The first-order valence-corrected chi connectivity index (χ1v) is 7.40. The molecule has 3 rings (SSSR count). The van der Waals surface area contributed by atoms with Crippen LogP contribution in [0.3, 0.4) is 0 Å². The van der Waals surface area contributed by atoms with Crippen molar-refractivity contribution in [3.05, 3.63) is 58.8 Å². The lowest BCUT2D eigenvalue weighted by Gasteiger charge is -1.98. The van der Waals surface area contributed by atoms with E-state index in [2.05, 4.69) is 50.2 Å². The van der Waals surface area contributed by atoms with Crippen LogP contribution in [0.15, 0.2) is 58.2 Å². The van der Waals surface area contributed by atoms with Crippen LogP contribution in [0.4, 0.5) is 0 Å². The highest BCUT2D eigenvalue weighted by molar-refractivity contribution is 9.10. The molecule has 3 aromatic rings. The predicted octanol–water partition coefficient (Wildman–Crippen LogP) is 4.62. The van der Waals surface area contributed by atoms with E-state index in [0.717, 1.165) is 15.9 Å². The van der Waals surface area contributed by atoms with Crippen molar-refractivity contribution in [1.29, 1.82) is 0 Å². The highest BCUT2D eigenvalue weighted by Gasteiger charge is 2.02. The van der Waals surface area contributed by atoms with Crippen molar-refractivity contribution >= 4 is 38.6 Å². The van der Waals surface area contributed by atoms with Crippen molar-refractivity contribution in [2.24, 2.45) is 0 Å². The fraction of sp³-hybridized carbons (Fsp3) is 0.0714. The van der Waals surface area contributed by atoms with Crippen molar-refractivity contribution in [1.82, 2.24) is 9.97 Å². The fourth-order valence-electron chi connectivity index (χ4n) is 1.77. The molecule has 1 N–H and O–H groups in total. The maximum absolute atomic E-state index is 4.37. The zero-order valence-electron chi connectivity index (χ0n) is 9.56. The molecule has 0 aliphatic heterocycles. The van der Waals surface area contributed by atoms with Gasteiger partial charge in [-0.1, -0.05) is 18.2 Å². The lowest BCUT2D eigenvalue weighted by atomic mass is 10.3. The number of hydrogen-bond acceptors (Lipinski definition) is 2. The van der Waals surface area contributed by atoms with Crippen molar-refractivity contribution in [2.45, 2.75) is 10.8 Å². The Hall–Kier alpha value is -1.26. The summed E-state index contributed by atoms with van der Waals surface area (Å²) in [5, 5.41) is 2.43. The van der Waals surface area contributed by atoms with E-state index in [1.54, 1.807) is 11.8 Å². The zero-order chi connectivity index (χ0) is 12.4. The van der Waals surface area contributed by atoms with Crippen molar-refractivity contribution in [3.63, 3.8) is 0 Å². The Morgan fingerprint density at radius 2 is 2.06 bits per heavy atom. The van der Waals surface area contributed by atoms with E-state index in [4.69, 9.17) is 0 Å². The predicted molar refractivity (Wildman–Crippen MR) is 79.8 cm³/mol. The van der Waals surface area contributed by atoms with Gasteiger partial charge < -0.3 is 4.98 Å². The summed E-state index contributed by atoms with van der Waals surface area (Å²) >= 11 is 5.16. The first-order chi connectivity index (χ1) is 8.81. The Labute approximate surface area is 118 Å². The molecule has 0 radical (unpaired) electrons. The van der Waals surface area contributed by atoms with Gasteiger partial charge in [-0.2, -0.15) is 0 Å². The molecule has 0 spiro atoms. The van der Waals surface area contributed by atoms with Crippen LogP contribution in [-0.2, 0) is 5.75 Å². The Kier molecular flexibility index (Phi) is 3.39. The molecular formula is C14H11BrN2S. The van der Waals surface area contributed by atoms with Gasteiger partial charge in [-0.3, -0.25) is 4.98 Å². The molecule has 0 unspecified atom stereocenters. The van der Waals surface area contributed by atoms with Gasteiger partial charge in [0.05, 0.1) is 10.7 Å². The third-order valence-electron chi connectivity index (χ3n) is 2.67. The number of benzene rings is 1.